The van der Waals surface area contributed by atoms with Gasteiger partial charge in [-0.25, -0.2) is 4.79 Å². The van der Waals surface area contributed by atoms with Gasteiger partial charge in [0.25, 0.3) is 0 Å². The van der Waals surface area contributed by atoms with E-state index < -0.39 is 18.5 Å². The minimum Gasteiger partial charge on any atom is -0.490 e. The highest BCUT2D eigenvalue weighted by atomic mass is 127. The molecule has 0 radical (unpaired) electrons. The van der Waals surface area contributed by atoms with Crippen LogP contribution in [0.4, 0.5) is 0 Å². The van der Waals surface area contributed by atoms with E-state index >= 15 is 0 Å². The zero-order chi connectivity index (χ0) is 26.6. The lowest BCUT2D eigenvalue weighted by molar-refractivity contribution is -0.139. The summed E-state index contributed by atoms with van der Waals surface area (Å²) in [6.07, 6.45) is 2.35. The lowest BCUT2D eigenvalue weighted by Gasteiger charge is -2.48. The quantitative estimate of drug-likeness (QED) is 0.429. The minimum atomic E-state index is -1.08. The number of rotatable bonds is 6. The number of Topliss-reactive ketones (excluding diaryl/α,β-unsaturated/α-hetero) is 2. The van der Waals surface area contributed by atoms with Crippen LogP contribution >= 0.6 is 22.6 Å². The van der Waals surface area contributed by atoms with Crippen LogP contribution in [-0.2, 0) is 14.4 Å². The van der Waals surface area contributed by atoms with Crippen LogP contribution in [0.1, 0.15) is 71.8 Å². The molecule has 0 atom stereocenters. The van der Waals surface area contributed by atoms with E-state index in [1.165, 1.54) is 0 Å². The second-order valence-electron chi connectivity index (χ2n) is 11.5. The van der Waals surface area contributed by atoms with Crippen LogP contribution in [-0.4, -0.2) is 47.8 Å². The fraction of sp³-hybridized carbons (Fsp3) is 0.536. The van der Waals surface area contributed by atoms with E-state index in [2.05, 4.69) is 55.2 Å². The average molecular weight is 607 g/mol. The van der Waals surface area contributed by atoms with Crippen LogP contribution in [0.3, 0.4) is 0 Å². The Morgan fingerprint density at radius 1 is 1.00 bits per heavy atom. The molecule has 0 saturated carbocycles. The van der Waals surface area contributed by atoms with Crippen molar-refractivity contribution < 1.29 is 29.0 Å². The van der Waals surface area contributed by atoms with Gasteiger partial charge in [-0.3, -0.25) is 9.59 Å². The summed E-state index contributed by atoms with van der Waals surface area (Å²) < 4.78 is 12.1. The maximum atomic E-state index is 13.7. The van der Waals surface area contributed by atoms with Crippen molar-refractivity contribution in [3.63, 3.8) is 0 Å². The Bertz CT molecular complexity index is 1150. The van der Waals surface area contributed by atoms with E-state index in [4.69, 9.17) is 14.6 Å². The maximum Gasteiger partial charge on any atom is 0.341 e. The number of ether oxygens (including phenoxy) is 2. The first-order valence-electron chi connectivity index (χ1n) is 12.3. The molecule has 1 N–H and O–H groups in total. The maximum absolute atomic E-state index is 13.7. The Morgan fingerprint density at radius 2 is 1.53 bits per heavy atom. The van der Waals surface area contributed by atoms with E-state index in [1.54, 1.807) is 0 Å². The van der Waals surface area contributed by atoms with E-state index in [-0.39, 0.29) is 22.4 Å². The topological polar surface area (TPSA) is 93.1 Å². The number of carboxylic acids is 1. The first-order chi connectivity index (χ1) is 16.7. The molecule has 0 unspecified atom stereocenters. The number of hydrogen-bond donors (Lipinski definition) is 1. The number of nitrogens with zero attached hydrogens (tertiary/aromatic N) is 1. The predicted octanol–water partition coefficient (Wildman–Crippen LogP) is 5.47. The molecule has 36 heavy (non-hydrogen) atoms. The van der Waals surface area contributed by atoms with Gasteiger partial charge in [0.2, 0.25) is 0 Å². The first-order valence-corrected chi connectivity index (χ1v) is 13.4. The molecule has 3 aliphatic rings. The number of ketones is 2. The lowest BCUT2D eigenvalue weighted by Crippen LogP contribution is -2.43. The number of aliphatic carboxylic acids is 1. The fourth-order valence-corrected chi connectivity index (χ4v) is 6.57. The zero-order valence-corrected chi connectivity index (χ0v) is 23.9. The Hall–Kier alpha value is -2.36. The molecule has 7 nitrogen and oxygen atoms in total. The van der Waals surface area contributed by atoms with Crippen molar-refractivity contribution in [1.29, 1.82) is 0 Å². The highest BCUT2D eigenvalue weighted by Gasteiger charge is 2.48. The molecule has 0 spiro atoms. The monoisotopic (exact) mass is 607 g/mol. The smallest absolute Gasteiger partial charge is 0.341 e. The molecule has 1 aromatic carbocycles. The number of benzene rings is 1. The van der Waals surface area contributed by atoms with E-state index in [9.17, 15) is 14.4 Å². The van der Waals surface area contributed by atoms with Crippen LogP contribution in [0.2, 0.25) is 0 Å². The molecule has 1 aromatic rings. The summed E-state index contributed by atoms with van der Waals surface area (Å²) in [7, 11) is 1.99. The molecular formula is C28H34INO6. The van der Waals surface area contributed by atoms with Gasteiger partial charge in [-0.05, 0) is 70.9 Å². The van der Waals surface area contributed by atoms with Crippen LogP contribution < -0.4 is 9.47 Å². The van der Waals surface area contributed by atoms with Crippen molar-refractivity contribution in [2.75, 3.05) is 20.3 Å². The van der Waals surface area contributed by atoms with Gasteiger partial charge in [0.1, 0.15) is 0 Å². The molecule has 0 fully saturated rings. The largest absolute Gasteiger partial charge is 0.490 e. The van der Waals surface area contributed by atoms with Crippen molar-refractivity contribution in [3.8, 4) is 11.5 Å². The average Bonchev–Trinajstić information content (AvgIpc) is 2.73. The van der Waals surface area contributed by atoms with Gasteiger partial charge in [-0.1, -0.05) is 27.7 Å². The van der Waals surface area contributed by atoms with Crippen LogP contribution in [0.25, 0.3) is 0 Å². The summed E-state index contributed by atoms with van der Waals surface area (Å²) in [4.78, 5) is 40.6. The Labute approximate surface area is 226 Å². The fourth-order valence-electron chi connectivity index (χ4n) is 5.79. The number of carboxylic acid groups (broad SMARTS) is 1. The molecule has 1 heterocycles. The number of carbonyl (C=O) groups is 3. The third-order valence-corrected chi connectivity index (χ3v) is 7.99. The molecule has 1 aliphatic heterocycles. The summed E-state index contributed by atoms with van der Waals surface area (Å²) >= 11 is 2.10. The third kappa shape index (κ3) is 4.93. The number of halogens is 1. The molecule has 0 bridgehead atoms. The highest BCUT2D eigenvalue weighted by Crippen LogP contribution is 2.54. The van der Waals surface area contributed by atoms with Crippen molar-refractivity contribution in [3.05, 3.63) is 43.8 Å². The van der Waals surface area contributed by atoms with Crippen molar-refractivity contribution >= 4 is 40.1 Å². The molecular weight excluding hydrogens is 573 g/mol. The van der Waals surface area contributed by atoms with Gasteiger partial charge in [0.05, 0.1) is 10.2 Å². The van der Waals surface area contributed by atoms with Crippen molar-refractivity contribution in [2.24, 2.45) is 10.8 Å². The standard InChI is InChI=1S/C28H34INO6/c1-7-35-21-9-15(8-16(29)26(21)36-14-22(33)34)23-24-17(10-27(2,3)12-19(24)31)30(6)18-11-28(4,5)13-20(32)25(18)23/h8-9,23H,7,10-14H2,1-6H3,(H,33,34). The van der Waals surface area contributed by atoms with Crippen molar-refractivity contribution in [1.82, 2.24) is 4.90 Å². The first kappa shape index (κ1) is 26.7. The van der Waals surface area contributed by atoms with Gasteiger partial charge in [-0.15, -0.1) is 0 Å². The highest BCUT2D eigenvalue weighted by molar-refractivity contribution is 14.1. The number of hydrogen-bond acceptors (Lipinski definition) is 6. The van der Waals surface area contributed by atoms with Crippen molar-refractivity contribution in [2.45, 2.75) is 66.2 Å². The van der Waals surface area contributed by atoms with Crippen LogP contribution in [0.15, 0.2) is 34.7 Å². The van der Waals surface area contributed by atoms with E-state index in [1.807, 2.05) is 26.1 Å². The Balaban J connectivity index is 1.94. The SMILES string of the molecule is CCOc1cc(C2C3=C(CC(C)(C)CC3=O)N(C)C3=C2C(=O)CC(C)(C)C3)cc(I)c1OCC(=O)O. The summed E-state index contributed by atoms with van der Waals surface area (Å²) in [5, 5.41) is 9.11. The molecule has 8 heteroatoms. The molecule has 0 saturated heterocycles. The third-order valence-electron chi connectivity index (χ3n) is 7.18. The molecule has 194 valence electrons. The molecule has 2 aliphatic carbocycles. The number of carbonyl (C=O) groups excluding carboxylic acids is 2. The van der Waals surface area contributed by atoms with Gasteiger partial charge in [-0.2, -0.15) is 0 Å². The van der Waals surface area contributed by atoms with Gasteiger partial charge >= 0.3 is 5.97 Å². The summed E-state index contributed by atoms with van der Waals surface area (Å²) in [5.41, 5.74) is 3.83. The normalized spacial score (nSPS) is 21.4. The molecule has 4 rings (SSSR count). The molecule has 0 amide bonds. The lowest BCUT2D eigenvalue weighted by atomic mass is 9.64. The van der Waals surface area contributed by atoms with Gasteiger partial charge < -0.3 is 19.5 Å². The Morgan fingerprint density at radius 3 is 2.00 bits per heavy atom. The summed E-state index contributed by atoms with van der Waals surface area (Å²) in [5.74, 6) is -0.658. The molecule has 0 aromatic heterocycles. The van der Waals surface area contributed by atoms with E-state index in [0.717, 1.165) is 29.8 Å². The summed E-state index contributed by atoms with van der Waals surface area (Å²) in [6.45, 7) is 10.2. The minimum absolute atomic E-state index is 0.0708. The second-order valence-corrected chi connectivity index (χ2v) is 12.7. The zero-order valence-electron chi connectivity index (χ0n) is 21.8. The van der Waals surface area contributed by atoms with Gasteiger partial charge in [0, 0.05) is 48.3 Å². The predicted molar refractivity (Wildman–Crippen MR) is 144 cm³/mol. The van der Waals surface area contributed by atoms with Crippen LogP contribution in [0.5, 0.6) is 11.5 Å². The summed E-state index contributed by atoms with van der Waals surface area (Å²) in [6, 6.07) is 3.71. The Kier molecular flexibility index (Phi) is 7.05. The van der Waals surface area contributed by atoms with Crippen LogP contribution in [0, 0.1) is 14.4 Å². The van der Waals surface area contributed by atoms with E-state index in [0.29, 0.717) is 45.7 Å². The van der Waals surface area contributed by atoms with Gasteiger partial charge in [0.15, 0.2) is 29.7 Å². The number of allylic oxidation sites excluding steroid dienone is 4. The second kappa shape index (κ2) is 9.50.